The molecule has 1 aromatic carbocycles. The van der Waals surface area contributed by atoms with E-state index in [2.05, 4.69) is 5.32 Å². The van der Waals surface area contributed by atoms with Crippen molar-refractivity contribution in [3.8, 4) is 0 Å². The number of hydrogen-bond acceptors (Lipinski definition) is 3. The summed E-state index contributed by atoms with van der Waals surface area (Å²) < 4.78 is 0. The zero-order chi connectivity index (χ0) is 13.0. The third-order valence-corrected chi connectivity index (χ3v) is 2.54. The smallest absolute Gasteiger partial charge is 0.255 e. The van der Waals surface area contributed by atoms with Crippen LogP contribution in [0.1, 0.15) is 10.4 Å². The number of nitrogens with zero attached hydrogens (tertiary/aromatic N) is 1. The van der Waals surface area contributed by atoms with Gasteiger partial charge in [-0.05, 0) is 18.2 Å². The quantitative estimate of drug-likeness (QED) is 0.783. The molecule has 1 rings (SSSR count). The molecule has 0 aliphatic rings. The van der Waals surface area contributed by atoms with Crippen LogP contribution in [0.2, 0.25) is 5.02 Å². The number of nitrogens with one attached hydrogen (secondary N) is 1. The highest BCUT2D eigenvalue weighted by Gasteiger charge is 2.16. The molecule has 0 unspecified atom stereocenters. The van der Waals surface area contributed by atoms with Crippen LogP contribution in [0.4, 0.5) is 5.69 Å². The van der Waals surface area contributed by atoms with Crippen LogP contribution in [0.3, 0.4) is 0 Å². The van der Waals surface area contributed by atoms with Gasteiger partial charge in [0.2, 0.25) is 5.91 Å². The first kappa shape index (κ1) is 13.3. The summed E-state index contributed by atoms with van der Waals surface area (Å²) in [6.07, 6.45) is 0. The maximum Gasteiger partial charge on any atom is 0.255 e. The van der Waals surface area contributed by atoms with Crippen LogP contribution in [0, 0.1) is 0 Å². The van der Waals surface area contributed by atoms with Gasteiger partial charge in [0.05, 0.1) is 17.1 Å². The maximum atomic E-state index is 11.9. The first-order valence-corrected chi connectivity index (χ1v) is 5.34. The van der Waals surface area contributed by atoms with Crippen LogP contribution < -0.4 is 11.1 Å². The first-order chi connectivity index (χ1) is 7.95. The van der Waals surface area contributed by atoms with E-state index >= 15 is 0 Å². The molecule has 0 spiro atoms. The number of nitrogen functional groups attached to an aromatic ring is 1. The highest BCUT2D eigenvalue weighted by Crippen LogP contribution is 2.20. The molecule has 0 saturated carbocycles. The number of anilines is 1. The third-order valence-electron chi connectivity index (χ3n) is 2.23. The topological polar surface area (TPSA) is 75.4 Å². The molecule has 6 heteroatoms. The molecule has 0 aliphatic heterocycles. The predicted molar refractivity (Wildman–Crippen MR) is 66.9 cm³/mol. The van der Waals surface area contributed by atoms with Gasteiger partial charge < -0.3 is 16.0 Å². The van der Waals surface area contributed by atoms with Gasteiger partial charge in [-0.3, -0.25) is 9.59 Å². The number of nitrogens with two attached hydrogens (primary N) is 1. The Kier molecular flexibility index (Phi) is 4.34. The van der Waals surface area contributed by atoms with Gasteiger partial charge in [-0.15, -0.1) is 0 Å². The van der Waals surface area contributed by atoms with Crippen LogP contribution in [-0.2, 0) is 4.79 Å². The fourth-order valence-electron chi connectivity index (χ4n) is 1.28. The van der Waals surface area contributed by atoms with Crippen LogP contribution in [-0.4, -0.2) is 37.4 Å². The van der Waals surface area contributed by atoms with Crippen molar-refractivity contribution in [2.75, 3.05) is 26.4 Å². The van der Waals surface area contributed by atoms with E-state index in [1.807, 2.05) is 0 Å². The van der Waals surface area contributed by atoms with Gasteiger partial charge in [0.15, 0.2) is 0 Å². The standard InChI is InChI=1S/C11H14ClN3O2/c1-14-10(16)6-15(2)11(17)8-4-3-7(13)5-9(8)12/h3-5H,6,13H2,1-2H3,(H,14,16). The predicted octanol–water partition coefficient (Wildman–Crippen LogP) is 0.740. The Bertz CT molecular complexity index is 448. The molecule has 0 heterocycles. The molecule has 3 N–H and O–H groups in total. The van der Waals surface area contributed by atoms with E-state index in [1.54, 1.807) is 12.1 Å². The Morgan fingerprint density at radius 2 is 2.12 bits per heavy atom. The van der Waals surface area contributed by atoms with Crippen molar-refractivity contribution in [3.05, 3.63) is 28.8 Å². The second-order valence-corrected chi connectivity index (χ2v) is 3.98. The lowest BCUT2D eigenvalue weighted by atomic mass is 10.2. The minimum absolute atomic E-state index is 0.0178. The summed E-state index contributed by atoms with van der Waals surface area (Å²) in [6.45, 7) is -0.0178. The molecule has 0 radical (unpaired) electrons. The van der Waals surface area contributed by atoms with E-state index in [-0.39, 0.29) is 23.4 Å². The van der Waals surface area contributed by atoms with Crippen molar-refractivity contribution in [1.29, 1.82) is 0 Å². The molecule has 5 nitrogen and oxygen atoms in total. The molecule has 0 fully saturated rings. The molecular formula is C11H14ClN3O2. The Labute approximate surface area is 105 Å². The molecule has 1 aromatic rings. The van der Waals surface area contributed by atoms with Crippen LogP contribution >= 0.6 is 11.6 Å². The minimum Gasteiger partial charge on any atom is -0.399 e. The second-order valence-electron chi connectivity index (χ2n) is 3.57. The van der Waals surface area contributed by atoms with Gasteiger partial charge in [-0.2, -0.15) is 0 Å². The number of benzene rings is 1. The average Bonchev–Trinajstić information content (AvgIpc) is 2.28. The molecule has 0 saturated heterocycles. The van der Waals surface area contributed by atoms with Gasteiger partial charge in [-0.25, -0.2) is 0 Å². The van der Waals surface area contributed by atoms with Crippen molar-refractivity contribution < 1.29 is 9.59 Å². The molecule has 0 atom stereocenters. The number of carbonyl (C=O) groups is 2. The van der Waals surface area contributed by atoms with Gasteiger partial charge in [0, 0.05) is 19.8 Å². The lowest BCUT2D eigenvalue weighted by Crippen LogP contribution is -2.37. The molecule has 17 heavy (non-hydrogen) atoms. The first-order valence-electron chi connectivity index (χ1n) is 4.96. The summed E-state index contributed by atoms with van der Waals surface area (Å²) in [6, 6.07) is 4.63. The van der Waals surface area contributed by atoms with Crippen molar-refractivity contribution in [2.45, 2.75) is 0 Å². The van der Waals surface area contributed by atoms with Crippen LogP contribution in [0.5, 0.6) is 0 Å². The highest BCUT2D eigenvalue weighted by molar-refractivity contribution is 6.34. The summed E-state index contributed by atoms with van der Waals surface area (Å²) in [5, 5.41) is 2.72. The van der Waals surface area contributed by atoms with Crippen molar-refractivity contribution in [2.24, 2.45) is 0 Å². The van der Waals surface area contributed by atoms with E-state index in [9.17, 15) is 9.59 Å². The second kappa shape index (κ2) is 5.54. The summed E-state index contributed by atoms with van der Waals surface area (Å²) >= 11 is 5.91. The minimum atomic E-state index is -0.321. The molecule has 0 aromatic heterocycles. The normalized spacial score (nSPS) is 9.82. The zero-order valence-corrected chi connectivity index (χ0v) is 10.4. The third kappa shape index (κ3) is 3.35. The SMILES string of the molecule is CNC(=O)CN(C)C(=O)c1ccc(N)cc1Cl. The van der Waals surface area contributed by atoms with E-state index in [4.69, 9.17) is 17.3 Å². The van der Waals surface area contributed by atoms with E-state index in [0.717, 1.165) is 0 Å². The van der Waals surface area contributed by atoms with Gasteiger partial charge in [0.1, 0.15) is 0 Å². The Morgan fingerprint density at radius 1 is 1.47 bits per heavy atom. The van der Waals surface area contributed by atoms with Crippen molar-refractivity contribution in [1.82, 2.24) is 10.2 Å². The van der Waals surface area contributed by atoms with E-state index < -0.39 is 0 Å². The number of halogens is 1. The lowest BCUT2D eigenvalue weighted by Gasteiger charge is -2.16. The number of hydrogen-bond donors (Lipinski definition) is 2. The van der Waals surface area contributed by atoms with Crippen LogP contribution in [0.15, 0.2) is 18.2 Å². The number of amides is 2. The maximum absolute atomic E-state index is 11.9. The van der Waals surface area contributed by atoms with Crippen molar-refractivity contribution in [3.63, 3.8) is 0 Å². The average molecular weight is 256 g/mol. The zero-order valence-electron chi connectivity index (χ0n) is 9.66. The monoisotopic (exact) mass is 255 g/mol. The van der Waals surface area contributed by atoms with Crippen LogP contribution in [0.25, 0.3) is 0 Å². The van der Waals surface area contributed by atoms with Gasteiger partial charge in [0.25, 0.3) is 5.91 Å². The van der Waals surface area contributed by atoms with Crippen molar-refractivity contribution >= 4 is 29.1 Å². The number of carbonyl (C=O) groups excluding carboxylic acids is 2. The number of rotatable bonds is 3. The van der Waals surface area contributed by atoms with E-state index in [0.29, 0.717) is 11.3 Å². The lowest BCUT2D eigenvalue weighted by molar-refractivity contribution is -0.121. The molecular weight excluding hydrogens is 242 g/mol. The Hall–Kier alpha value is -1.75. The van der Waals surface area contributed by atoms with Gasteiger partial charge >= 0.3 is 0 Å². The summed E-state index contributed by atoms with van der Waals surface area (Å²) in [5.74, 6) is -0.564. The largest absolute Gasteiger partial charge is 0.399 e. The molecule has 0 bridgehead atoms. The highest BCUT2D eigenvalue weighted by atomic mass is 35.5. The molecule has 92 valence electrons. The summed E-state index contributed by atoms with van der Waals surface area (Å²) in [7, 11) is 3.04. The number of likely N-dealkylation sites (N-methyl/N-ethyl adjacent to an activating group) is 2. The molecule has 2 amide bonds. The Balaban J connectivity index is 2.85. The van der Waals surface area contributed by atoms with Gasteiger partial charge in [-0.1, -0.05) is 11.6 Å². The Morgan fingerprint density at radius 3 is 2.65 bits per heavy atom. The summed E-state index contributed by atoms with van der Waals surface area (Å²) in [5.41, 5.74) is 6.35. The fourth-order valence-corrected chi connectivity index (χ4v) is 1.55. The summed E-state index contributed by atoms with van der Waals surface area (Å²) in [4.78, 5) is 24.4. The molecule has 0 aliphatic carbocycles. The fraction of sp³-hybridized carbons (Fsp3) is 0.273. The van der Waals surface area contributed by atoms with E-state index in [1.165, 1.54) is 25.1 Å².